The molecule has 206 valence electrons. The van der Waals surface area contributed by atoms with E-state index in [0.29, 0.717) is 18.0 Å². The molecule has 4 unspecified atom stereocenters. The van der Waals surface area contributed by atoms with E-state index in [1.165, 1.54) is 22.7 Å². The van der Waals surface area contributed by atoms with E-state index in [4.69, 9.17) is 0 Å². The van der Waals surface area contributed by atoms with Crippen LogP contribution in [0.15, 0.2) is 48.5 Å². The van der Waals surface area contributed by atoms with Gasteiger partial charge in [0.1, 0.15) is 11.8 Å². The number of hydrogen-bond donors (Lipinski definition) is 4. The number of rotatable bonds is 10. The first-order valence-corrected chi connectivity index (χ1v) is 14.0. The SMILES string of the molecule is CCC(C)CNC(=O)C1N(C(=O)C(O)C(Cc2ccccc2)NC(=O)c2cccc(O)c2C)CSC1(C)C. The number of thioether (sulfide) groups is 1. The number of carbonyl (C=O) groups is 3. The summed E-state index contributed by atoms with van der Waals surface area (Å²) in [6.45, 7) is 10.1. The van der Waals surface area contributed by atoms with E-state index in [2.05, 4.69) is 17.6 Å². The Morgan fingerprint density at radius 3 is 2.47 bits per heavy atom. The Morgan fingerprint density at radius 2 is 1.82 bits per heavy atom. The van der Waals surface area contributed by atoms with Crippen LogP contribution in [0, 0.1) is 12.8 Å². The van der Waals surface area contributed by atoms with Crippen molar-refractivity contribution in [2.45, 2.75) is 70.4 Å². The third-order valence-corrected chi connectivity index (χ3v) is 8.57. The number of aliphatic hydroxyl groups excluding tert-OH is 1. The maximum atomic E-state index is 13.7. The average molecular weight is 542 g/mol. The van der Waals surface area contributed by atoms with Crippen LogP contribution in [0.3, 0.4) is 0 Å². The van der Waals surface area contributed by atoms with Gasteiger partial charge in [0, 0.05) is 22.4 Å². The molecule has 9 heteroatoms. The number of phenols is 1. The predicted octanol–water partition coefficient (Wildman–Crippen LogP) is 3.25. The van der Waals surface area contributed by atoms with Gasteiger partial charge in [0.25, 0.3) is 11.8 Å². The molecule has 3 rings (SSSR count). The fourth-order valence-corrected chi connectivity index (χ4v) is 5.64. The molecule has 8 nitrogen and oxygen atoms in total. The van der Waals surface area contributed by atoms with Crippen molar-refractivity contribution >= 4 is 29.5 Å². The largest absolute Gasteiger partial charge is 0.508 e. The fourth-order valence-electron chi connectivity index (χ4n) is 4.50. The number of benzene rings is 2. The van der Waals surface area contributed by atoms with E-state index in [0.717, 1.165) is 12.0 Å². The van der Waals surface area contributed by atoms with E-state index in [1.54, 1.807) is 19.1 Å². The molecule has 0 aromatic heterocycles. The van der Waals surface area contributed by atoms with Crippen LogP contribution in [0.1, 0.15) is 55.6 Å². The van der Waals surface area contributed by atoms with Crippen LogP contribution < -0.4 is 10.6 Å². The minimum atomic E-state index is -1.59. The summed E-state index contributed by atoms with van der Waals surface area (Å²) in [5.41, 5.74) is 1.49. The molecule has 0 bridgehead atoms. The summed E-state index contributed by atoms with van der Waals surface area (Å²) in [6.07, 6.45) is -0.465. The molecule has 1 heterocycles. The van der Waals surface area contributed by atoms with Crippen LogP contribution in [-0.4, -0.2) is 68.2 Å². The quantitative estimate of drug-likeness (QED) is 0.367. The van der Waals surface area contributed by atoms with E-state index in [-0.39, 0.29) is 29.5 Å². The summed E-state index contributed by atoms with van der Waals surface area (Å²) in [6, 6.07) is 12.2. The number of carbonyl (C=O) groups excluding carboxylic acids is 3. The summed E-state index contributed by atoms with van der Waals surface area (Å²) in [5, 5.41) is 27.2. The highest BCUT2D eigenvalue weighted by molar-refractivity contribution is 8.00. The first-order valence-electron chi connectivity index (χ1n) is 13.0. The number of amides is 3. The Morgan fingerprint density at radius 1 is 1.13 bits per heavy atom. The zero-order chi connectivity index (χ0) is 28.0. The summed E-state index contributed by atoms with van der Waals surface area (Å²) < 4.78 is -0.550. The predicted molar refractivity (Wildman–Crippen MR) is 150 cm³/mol. The number of aromatic hydroxyl groups is 1. The van der Waals surface area contributed by atoms with Gasteiger partial charge in [0.15, 0.2) is 6.10 Å². The molecule has 4 atom stereocenters. The maximum absolute atomic E-state index is 13.7. The lowest BCUT2D eigenvalue weighted by atomic mass is 9.96. The number of aliphatic hydroxyl groups is 1. The van der Waals surface area contributed by atoms with Gasteiger partial charge in [-0.2, -0.15) is 0 Å². The number of phenolic OH excluding ortho intramolecular Hbond substituents is 1. The molecule has 1 aliphatic heterocycles. The van der Waals surface area contributed by atoms with Crippen LogP contribution in [0.5, 0.6) is 5.75 Å². The first-order chi connectivity index (χ1) is 18.0. The maximum Gasteiger partial charge on any atom is 0.254 e. The molecule has 1 fully saturated rings. The number of hydrogen-bond acceptors (Lipinski definition) is 6. The molecule has 2 aromatic carbocycles. The third kappa shape index (κ3) is 6.88. The van der Waals surface area contributed by atoms with Crippen molar-refractivity contribution in [1.82, 2.24) is 15.5 Å². The number of nitrogens with zero attached hydrogens (tertiary/aromatic N) is 1. The highest BCUT2D eigenvalue weighted by Gasteiger charge is 2.49. The van der Waals surface area contributed by atoms with Crippen LogP contribution in [0.2, 0.25) is 0 Å². The molecule has 2 aromatic rings. The second-order valence-corrected chi connectivity index (χ2v) is 12.1. The molecule has 0 saturated carbocycles. The van der Waals surface area contributed by atoms with Crippen LogP contribution >= 0.6 is 11.8 Å². The molecular formula is C29H39N3O5S. The van der Waals surface area contributed by atoms with Gasteiger partial charge >= 0.3 is 0 Å². The van der Waals surface area contributed by atoms with Crippen molar-refractivity contribution in [3.8, 4) is 5.75 Å². The topological polar surface area (TPSA) is 119 Å². The molecule has 0 spiro atoms. The average Bonchev–Trinajstić information content (AvgIpc) is 3.22. The second kappa shape index (κ2) is 12.7. The molecule has 0 aliphatic carbocycles. The first kappa shape index (κ1) is 29.5. The standard InChI is InChI=1S/C29H39N3O5S/c1-6-18(2)16-30-27(36)25-29(4,5)38-17-32(25)28(37)24(34)22(15-20-11-8-7-9-12-20)31-26(35)21-13-10-14-23(33)19(21)3/h7-14,18,22,24-25,33-34H,6,15-17H2,1-5H3,(H,30,36)(H,31,35). The molecule has 38 heavy (non-hydrogen) atoms. The van der Waals surface area contributed by atoms with Crippen molar-refractivity contribution in [2.24, 2.45) is 5.92 Å². The molecule has 4 N–H and O–H groups in total. The van der Waals surface area contributed by atoms with E-state index >= 15 is 0 Å². The molecular weight excluding hydrogens is 502 g/mol. The molecule has 1 aliphatic rings. The van der Waals surface area contributed by atoms with Gasteiger partial charge in [0.05, 0.1) is 11.9 Å². The van der Waals surface area contributed by atoms with Crippen LogP contribution in [-0.2, 0) is 16.0 Å². The van der Waals surface area contributed by atoms with E-state index in [9.17, 15) is 24.6 Å². The van der Waals surface area contributed by atoms with Crippen LogP contribution in [0.25, 0.3) is 0 Å². The smallest absolute Gasteiger partial charge is 0.254 e. The Hall–Kier alpha value is -3.04. The normalized spacial score (nSPS) is 18.9. The van der Waals surface area contributed by atoms with Gasteiger partial charge in [-0.3, -0.25) is 14.4 Å². The molecule has 3 amide bonds. The lowest BCUT2D eigenvalue weighted by Crippen LogP contribution is -2.59. The van der Waals surface area contributed by atoms with Crippen molar-refractivity contribution in [3.63, 3.8) is 0 Å². The van der Waals surface area contributed by atoms with Gasteiger partial charge in [0.2, 0.25) is 5.91 Å². The van der Waals surface area contributed by atoms with Gasteiger partial charge in [-0.1, -0.05) is 56.7 Å². The minimum Gasteiger partial charge on any atom is -0.508 e. The lowest BCUT2D eigenvalue weighted by Gasteiger charge is -2.33. The Bertz CT molecular complexity index is 1140. The van der Waals surface area contributed by atoms with Crippen molar-refractivity contribution < 1.29 is 24.6 Å². The summed E-state index contributed by atoms with van der Waals surface area (Å²) in [7, 11) is 0. The Kier molecular flexibility index (Phi) is 9.84. The highest BCUT2D eigenvalue weighted by Crippen LogP contribution is 2.40. The van der Waals surface area contributed by atoms with Crippen molar-refractivity contribution in [3.05, 3.63) is 65.2 Å². The van der Waals surface area contributed by atoms with Crippen LogP contribution in [0.4, 0.5) is 0 Å². The third-order valence-electron chi connectivity index (χ3n) is 7.20. The van der Waals surface area contributed by atoms with Crippen molar-refractivity contribution in [2.75, 3.05) is 12.4 Å². The lowest BCUT2D eigenvalue weighted by molar-refractivity contribution is -0.147. The minimum absolute atomic E-state index is 0.0172. The van der Waals surface area contributed by atoms with Gasteiger partial charge < -0.3 is 25.7 Å². The van der Waals surface area contributed by atoms with Gasteiger partial charge in [-0.25, -0.2) is 0 Å². The second-order valence-electron chi connectivity index (χ2n) is 10.5. The van der Waals surface area contributed by atoms with Gasteiger partial charge in [-0.15, -0.1) is 11.8 Å². The van der Waals surface area contributed by atoms with Gasteiger partial charge in [-0.05, 0) is 50.8 Å². The zero-order valence-corrected chi connectivity index (χ0v) is 23.5. The Balaban J connectivity index is 1.86. The van der Waals surface area contributed by atoms with Crippen molar-refractivity contribution in [1.29, 1.82) is 0 Å². The van der Waals surface area contributed by atoms with E-state index in [1.807, 2.05) is 51.1 Å². The fraction of sp³-hybridized carbons (Fsp3) is 0.483. The number of nitrogens with one attached hydrogen (secondary N) is 2. The summed E-state index contributed by atoms with van der Waals surface area (Å²) in [5.74, 6) is -0.832. The summed E-state index contributed by atoms with van der Waals surface area (Å²) in [4.78, 5) is 41.5. The molecule has 0 radical (unpaired) electrons. The summed E-state index contributed by atoms with van der Waals surface area (Å²) >= 11 is 1.48. The molecule has 1 saturated heterocycles. The monoisotopic (exact) mass is 541 g/mol. The Labute approximate surface area is 229 Å². The van der Waals surface area contributed by atoms with E-state index < -0.39 is 34.7 Å². The zero-order valence-electron chi connectivity index (χ0n) is 22.7. The highest BCUT2D eigenvalue weighted by atomic mass is 32.2.